The lowest BCUT2D eigenvalue weighted by Crippen LogP contribution is -2.06. The lowest BCUT2D eigenvalue weighted by molar-refractivity contribution is 0.953. The SMILES string of the molecule is c1ccc(-c2nc(-c3ccccc3)nc(-n3c4cccc5c4c4c(cccc43)-c3cccc4cccc-5c34)n2)cc1. The summed E-state index contributed by atoms with van der Waals surface area (Å²) >= 11 is 0. The van der Waals surface area contributed by atoms with Crippen LogP contribution in [0.5, 0.6) is 0 Å². The highest BCUT2D eigenvalue weighted by molar-refractivity contribution is 6.26. The molecule has 0 aliphatic heterocycles. The highest BCUT2D eigenvalue weighted by Crippen LogP contribution is 2.49. The first-order valence-corrected chi connectivity index (χ1v) is 13.8. The molecule has 0 bridgehead atoms. The Labute approximate surface area is 236 Å². The van der Waals surface area contributed by atoms with E-state index in [2.05, 4.69) is 77.4 Å². The summed E-state index contributed by atoms with van der Waals surface area (Å²) < 4.78 is 2.21. The lowest BCUT2D eigenvalue weighted by Gasteiger charge is -2.13. The highest BCUT2D eigenvalue weighted by atomic mass is 15.2. The Morgan fingerprint density at radius 3 is 1.29 bits per heavy atom. The van der Waals surface area contributed by atoms with Crippen LogP contribution in [0.3, 0.4) is 0 Å². The van der Waals surface area contributed by atoms with Crippen molar-refractivity contribution in [2.45, 2.75) is 0 Å². The first kappa shape index (κ1) is 22.2. The molecule has 0 radical (unpaired) electrons. The Hall–Kier alpha value is -5.61. The number of rotatable bonds is 3. The summed E-state index contributed by atoms with van der Waals surface area (Å²) in [6.45, 7) is 0. The van der Waals surface area contributed by atoms with Crippen molar-refractivity contribution in [3.8, 4) is 51.0 Å². The number of hydrogen-bond donors (Lipinski definition) is 0. The van der Waals surface area contributed by atoms with Gasteiger partial charge in [0.05, 0.1) is 11.0 Å². The zero-order valence-electron chi connectivity index (χ0n) is 22.0. The maximum Gasteiger partial charge on any atom is 0.238 e. The third-order valence-electron chi connectivity index (χ3n) is 8.19. The molecule has 4 nitrogen and oxygen atoms in total. The molecular weight excluding hydrogens is 500 g/mol. The minimum absolute atomic E-state index is 0.610. The van der Waals surface area contributed by atoms with Gasteiger partial charge in [-0.25, -0.2) is 4.98 Å². The summed E-state index contributed by atoms with van der Waals surface area (Å²) in [4.78, 5) is 15.1. The van der Waals surface area contributed by atoms with E-state index < -0.39 is 0 Å². The molecule has 0 unspecified atom stereocenters. The van der Waals surface area contributed by atoms with Crippen LogP contribution in [0.1, 0.15) is 0 Å². The molecule has 0 amide bonds. The van der Waals surface area contributed by atoms with Gasteiger partial charge in [-0.1, -0.05) is 121 Å². The van der Waals surface area contributed by atoms with Gasteiger partial charge in [-0.3, -0.25) is 4.57 Å². The molecule has 1 aliphatic rings. The second-order valence-electron chi connectivity index (χ2n) is 10.5. The summed E-state index contributed by atoms with van der Waals surface area (Å²) in [5, 5.41) is 5.01. The number of hydrogen-bond acceptors (Lipinski definition) is 3. The first-order valence-electron chi connectivity index (χ1n) is 13.8. The van der Waals surface area contributed by atoms with Crippen molar-refractivity contribution in [3.05, 3.63) is 133 Å². The number of fused-ring (bicyclic) bond motifs is 2. The minimum atomic E-state index is 0.610. The van der Waals surface area contributed by atoms with Crippen LogP contribution in [0.25, 0.3) is 83.6 Å². The molecule has 0 fully saturated rings. The van der Waals surface area contributed by atoms with Gasteiger partial charge in [-0.2, -0.15) is 9.97 Å². The van der Waals surface area contributed by atoms with Gasteiger partial charge < -0.3 is 0 Å². The standard InChI is InChI=1S/C37H22N4/c1-3-11-24(12-4-1)35-38-36(25-13-5-2-6-14-25)40-37(39-35)41-30-21-9-19-28-26-17-7-15-23-16-8-18-27(32(23)26)29-20-10-22-31(41)34(29)33(28)30/h1-22H. The Bertz CT molecular complexity index is 2150. The normalized spacial score (nSPS) is 11.9. The molecule has 0 saturated heterocycles. The van der Waals surface area contributed by atoms with Gasteiger partial charge in [0.15, 0.2) is 11.6 Å². The van der Waals surface area contributed by atoms with Crippen molar-refractivity contribution >= 4 is 32.6 Å². The Kier molecular flexibility index (Phi) is 4.58. The van der Waals surface area contributed by atoms with Crippen molar-refractivity contribution in [3.63, 3.8) is 0 Å². The summed E-state index contributed by atoms with van der Waals surface area (Å²) in [6.07, 6.45) is 0. The van der Waals surface area contributed by atoms with Crippen LogP contribution in [0, 0.1) is 0 Å². The molecule has 0 spiro atoms. The Morgan fingerprint density at radius 1 is 0.366 bits per heavy atom. The molecule has 4 heteroatoms. The average molecular weight is 523 g/mol. The predicted octanol–water partition coefficient (Wildman–Crippen LogP) is 9.10. The summed E-state index contributed by atoms with van der Waals surface area (Å²) in [7, 11) is 0. The topological polar surface area (TPSA) is 43.6 Å². The van der Waals surface area contributed by atoms with E-state index in [-0.39, 0.29) is 0 Å². The van der Waals surface area contributed by atoms with Gasteiger partial charge in [0.25, 0.3) is 0 Å². The highest BCUT2D eigenvalue weighted by Gasteiger charge is 2.25. The molecule has 2 heterocycles. The molecule has 9 rings (SSSR count). The largest absolute Gasteiger partial charge is 0.278 e. The van der Waals surface area contributed by atoms with Crippen molar-refractivity contribution in [1.29, 1.82) is 0 Å². The molecule has 6 aromatic carbocycles. The Balaban J connectivity index is 1.43. The van der Waals surface area contributed by atoms with Crippen LogP contribution < -0.4 is 0 Å². The number of benzene rings is 6. The summed E-state index contributed by atoms with van der Waals surface area (Å²) in [5.41, 5.74) is 9.05. The van der Waals surface area contributed by atoms with Crippen LogP contribution in [0.4, 0.5) is 0 Å². The Morgan fingerprint density at radius 2 is 0.805 bits per heavy atom. The third-order valence-corrected chi connectivity index (χ3v) is 8.19. The van der Waals surface area contributed by atoms with E-state index in [4.69, 9.17) is 15.0 Å². The predicted molar refractivity (Wildman–Crippen MR) is 167 cm³/mol. The van der Waals surface area contributed by atoms with E-state index in [1.165, 1.54) is 43.8 Å². The first-order chi connectivity index (χ1) is 20.3. The third kappa shape index (κ3) is 3.19. The zero-order chi connectivity index (χ0) is 26.9. The van der Waals surface area contributed by atoms with Crippen molar-refractivity contribution in [1.82, 2.24) is 19.5 Å². The fraction of sp³-hybridized carbons (Fsp3) is 0. The van der Waals surface area contributed by atoms with E-state index in [9.17, 15) is 0 Å². The smallest absolute Gasteiger partial charge is 0.238 e. The van der Waals surface area contributed by atoms with Crippen molar-refractivity contribution in [2.75, 3.05) is 0 Å². The molecule has 2 aromatic heterocycles. The molecule has 1 aliphatic carbocycles. The van der Waals surface area contributed by atoms with Gasteiger partial charge in [-0.05, 0) is 45.2 Å². The summed E-state index contributed by atoms with van der Waals surface area (Å²) in [6, 6.07) is 46.7. The van der Waals surface area contributed by atoms with E-state index in [0.717, 1.165) is 22.2 Å². The number of aromatic nitrogens is 4. The quantitative estimate of drug-likeness (QED) is 0.232. The maximum atomic E-state index is 5.10. The zero-order valence-corrected chi connectivity index (χ0v) is 22.0. The molecule has 8 aromatic rings. The van der Waals surface area contributed by atoms with Gasteiger partial charge in [0.2, 0.25) is 5.95 Å². The molecule has 0 atom stereocenters. The maximum absolute atomic E-state index is 5.10. The van der Waals surface area contributed by atoms with Gasteiger partial charge in [0, 0.05) is 21.9 Å². The average Bonchev–Trinajstić information content (AvgIpc) is 3.33. The lowest BCUT2D eigenvalue weighted by atomic mass is 9.93. The van der Waals surface area contributed by atoms with Crippen molar-refractivity contribution in [2.24, 2.45) is 0 Å². The van der Waals surface area contributed by atoms with Crippen LogP contribution in [0.15, 0.2) is 133 Å². The van der Waals surface area contributed by atoms with Gasteiger partial charge >= 0.3 is 0 Å². The molecule has 190 valence electrons. The van der Waals surface area contributed by atoms with Gasteiger partial charge in [0.1, 0.15) is 0 Å². The minimum Gasteiger partial charge on any atom is -0.278 e. The fourth-order valence-corrected chi connectivity index (χ4v) is 6.46. The molecular formula is C37H22N4. The van der Waals surface area contributed by atoms with E-state index in [0.29, 0.717) is 17.6 Å². The molecule has 0 saturated carbocycles. The second-order valence-corrected chi connectivity index (χ2v) is 10.5. The van der Waals surface area contributed by atoms with Crippen LogP contribution in [-0.2, 0) is 0 Å². The van der Waals surface area contributed by atoms with E-state index >= 15 is 0 Å². The van der Waals surface area contributed by atoms with Crippen molar-refractivity contribution < 1.29 is 0 Å². The molecule has 41 heavy (non-hydrogen) atoms. The van der Waals surface area contributed by atoms with Crippen LogP contribution in [0.2, 0.25) is 0 Å². The number of nitrogens with zero attached hydrogens (tertiary/aromatic N) is 4. The summed E-state index contributed by atoms with van der Waals surface area (Å²) in [5.74, 6) is 1.91. The van der Waals surface area contributed by atoms with Crippen LogP contribution >= 0.6 is 0 Å². The van der Waals surface area contributed by atoms with Crippen LogP contribution in [-0.4, -0.2) is 19.5 Å². The van der Waals surface area contributed by atoms with Gasteiger partial charge in [-0.15, -0.1) is 0 Å². The second kappa shape index (κ2) is 8.44. The van der Waals surface area contributed by atoms with E-state index in [1.807, 2.05) is 60.7 Å². The fourth-order valence-electron chi connectivity index (χ4n) is 6.46. The monoisotopic (exact) mass is 522 g/mol. The van der Waals surface area contributed by atoms with E-state index in [1.54, 1.807) is 0 Å². The molecule has 0 N–H and O–H groups in total.